The molecule has 0 N–H and O–H groups in total. The van der Waals surface area contributed by atoms with E-state index in [4.69, 9.17) is 4.43 Å². The van der Waals surface area contributed by atoms with Crippen molar-refractivity contribution in [2.75, 3.05) is 6.61 Å². The Morgan fingerprint density at radius 2 is 1.91 bits per heavy atom. The summed E-state index contributed by atoms with van der Waals surface area (Å²) >= 11 is 0. The third-order valence-electron chi connectivity index (χ3n) is 1.66. The van der Waals surface area contributed by atoms with Crippen LogP contribution in [0.3, 0.4) is 0 Å². The predicted molar refractivity (Wildman–Crippen MR) is 50.7 cm³/mol. The smallest absolute Gasteiger partial charge is 0.145 e. The molecular formula is C9H14OSi. The van der Waals surface area contributed by atoms with Gasteiger partial charge in [-0.15, -0.1) is 0 Å². The molecule has 0 aliphatic rings. The van der Waals surface area contributed by atoms with Crippen LogP contribution >= 0.6 is 0 Å². The second-order valence-electron chi connectivity index (χ2n) is 2.58. The third-order valence-corrected chi connectivity index (χ3v) is 2.06. The second-order valence-corrected chi connectivity index (χ2v) is 3.16. The molecule has 0 unspecified atom stereocenters. The van der Waals surface area contributed by atoms with Gasteiger partial charge in [0.25, 0.3) is 0 Å². The van der Waals surface area contributed by atoms with Gasteiger partial charge in [0, 0.05) is 6.61 Å². The van der Waals surface area contributed by atoms with Gasteiger partial charge in [-0.2, -0.15) is 0 Å². The third kappa shape index (κ3) is 3.35. The largest absolute Gasteiger partial charge is 0.428 e. The number of rotatable bonds is 4. The topological polar surface area (TPSA) is 9.23 Å². The summed E-state index contributed by atoms with van der Waals surface area (Å²) in [5.74, 6) is 0. The maximum absolute atomic E-state index is 5.10. The van der Waals surface area contributed by atoms with Gasteiger partial charge in [-0.1, -0.05) is 30.3 Å². The van der Waals surface area contributed by atoms with E-state index >= 15 is 0 Å². The molecule has 2 heteroatoms. The molecule has 1 aromatic carbocycles. The van der Waals surface area contributed by atoms with Crippen molar-refractivity contribution in [3.63, 3.8) is 0 Å². The van der Waals surface area contributed by atoms with Gasteiger partial charge in [-0.25, -0.2) is 0 Å². The van der Waals surface area contributed by atoms with E-state index in [0.717, 1.165) is 29.9 Å². The quantitative estimate of drug-likeness (QED) is 0.477. The minimum absolute atomic E-state index is 0.866. The van der Waals surface area contributed by atoms with Crippen LogP contribution in [0.4, 0.5) is 0 Å². The lowest BCUT2D eigenvalue weighted by molar-refractivity contribution is 0.341. The monoisotopic (exact) mass is 166 g/mol. The zero-order valence-corrected chi connectivity index (χ0v) is 8.92. The zero-order chi connectivity index (χ0) is 7.94. The highest BCUT2D eigenvalue weighted by atomic mass is 28.2. The second kappa shape index (κ2) is 5.10. The van der Waals surface area contributed by atoms with Gasteiger partial charge >= 0.3 is 0 Å². The first-order chi connectivity index (χ1) is 5.43. The van der Waals surface area contributed by atoms with E-state index in [-0.39, 0.29) is 0 Å². The Bertz CT molecular complexity index is 186. The van der Waals surface area contributed by atoms with Crippen LogP contribution in [0.1, 0.15) is 12.0 Å². The number of hydrogen-bond donors (Lipinski definition) is 0. The maximum atomic E-state index is 5.10. The van der Waals surface area contributed by atoms with Crippen molar-refractivity contribution in [3.8, 4) is 0 Å². The fourth-order valence-corrected chi connectivity index (χ4v) is 1.35. The van der Waals surface area contributed by atoms with Gasteiger partial charge < -0.3 is 4.43 Å². The van der Waals surface area contributed by atoms with Crippen molar-refractivity contribution in [2.24, 2.45) is 0 Å². The standard InChI is InChI=1S/C9H14OSi/c11-10-8-4-7-9-5-2-1-3-6-9/h1-3,5-6H,4,7-8H2,11H3. The van der Waals surface area contributed by atoms with Gasteiger partial charge in [0.1, 0.15) is 10.5 Å². The number of benzene rings is 1. The van der Waals surface area contributed by atoms with E-state index in [1.54, 1.807) is 0 Å². The Labute approximate surface area is 70.9 Å². The molecule has 0 saturated carbocycles. The molecule has 1 aromatic rings. The van der Waals surface area contributed by atoms with E-state index in [1.807, 2.05) is 6.07 Å². The highest BCUT2D eigenvalue weighted by Crippen LogP contribution is 2.01. The summed E-state index contributed by atoms with van der Waals surface area (Å²) in [4.78, 5) is 0. The van der Waals surface area contributed by atoms with Crippen LogP contribution < -0.4 is 0 Å². The minimum atomic E-state index is 0.866. The molecular weight excluding hydrogens is 152 g/mol. The van der Waals surface area contributed by atoms with Crippen molar-refractivity contribution >= 4 is 10.5 Å². The van der Waals surface area contributed by atoms with Crippen LogP contribution in [0.5, 0.6) is 0 Å². The molecule has 0 aromatic heterocycles. The van der Waals surface area contributed by atoms with E-state index in [2.05, 4.69) is 24.3 Å². The van der Waals surface area contributed by atoms with Crippen LogP contribution in [0.15, 0.2) is 30.3 Å². The van der Waals surface area contributed by atoms with E-state index in [1.165, 1.54) is 5.56 Å². The highest BCUT2D eigenvalue weighted by molar-refractivity contribution is 5.97. The summed E-state index contributed by atoms with van der Waals surface area (Å²) in [5.41, 5.74) is 1.41. The Morgan fingerprint density at radius 1 is 1.18 bits per heavy atom. The van der Waals surface area contributed by atoms with Gasteiger partial charge in [-0.05, 0) is 18.4 Å². The average Bonchev–Trinajstić information content (AvgIpc) is 2.07. The van der Waals surface area contributed by atoms with Crippen molar-refractivity contribution < 1.29 is 4.43 Å². The summed E-state index contributed by atoms with van der Waals surface area (Å²) in [6.07, 6.45) is 2.29. The van der Waals surface area contributed by atoms with Gasteiger partial charge in [0.15, 0.2) is 0 Å². The van der Waals surface area contributed by atoms with Crippen molar-refractivity contribution in [1.29, 1.82) is 0 Å². The highest BCUT2D eigenvalue weighted by Gasteiger charge is 1.89. The first-order valence-electron chi connectivity index (χ1n) is 3.96. The summed E-state index contributed by atoms with van der Waals surface area (Å²) in [7, 11) is 0.866. The number of aryl methyl sites for hydroxylation is 1. The van der Waals surface area contributed by atoms with Crippen LogP contribution in [-0.4, -0.2) is 17.1 Å². The maximum Gasteiger partial charge on any atom is 0.145 e. The Hall–Kier alpha value is -0.603. The molecule has 0 aliphatic carbocycles. The molecule has 1 rings (SSSR count). The molecule has 0 spiro atoms. The van der Waals surface area contributed by atoms with Crippen LogP contribution in [0.25, 0.3) is 0 Å². The van der Waals surface area contributed by atoms with E-state index in [9.17, 15) is 0 Å². The molecule has 11 heavy (non-hydrogen) atoms. The average molecular weight is 166 g/mol. The predicted octanol–water partition coefficient (Wildman–Crippen LogP) is 0.916. The van der Waals surface area contributed by atoms with Gasteiger partial charge in [-0.3, -0.25) is 0 Å². The van der Waals surface area contributed by atoms with Gasteiger partial charge in [0.05, 0.1) is 0 Å². The Morgan fingerprint density at radius 3 is 2.55 bits per heavy atom. The summed E-state index contributed by atoms with van der Waals surface area (Å²) in [5, 5.41) is 0. The first kappa shape index (κ1) is 8.49. The molecule has 0 amide bonds. The van der Waals surface area contributed by atoms with E-state index < -0.39 is 0 Å². The summed E-state index contributed by atoms with van der Waals surface area (Å²) in [6.45, 7) is 0.918. The fourth-order valence-electron chi connectivity index (χ4n) is 1.07. The minimum Gasteiger partial charge on any atom is -0.428 e. The zero-order valence-electron chi connectivity index (χ0n) is 6.92. The van der Waals surface area contributed by atoms with Crippen LogP contribution in [0.2, 0.25) is 0 Å². The first-order valence-corrected chi connectivity index (χ1v) is 4.78. The van der Waals surface area contributed by atoms with Crippen molar-refractivity contribution in [2.45, 2.75) is 12.8 Å². The molecule has 0 radical (unpaired) electrons. The molecule has 60 valence electrons. The lowest BCUT2D eigenvalue weighted by Crippen LogP contribution is -1.92. The Balaban J connectivity index is 2.28. The SMILES string of the molecule is [SiH3]OCCCc1ccccc1. The molecule has 0 fully saturated rings. The fraction of sp³-hybridized carbons (Fsp3) is 0.333. The molecule has 0 heterocycles. The normalized spacial score (nSPS) is 10.2. The Kier molecular flexibility index (Phi) is 3.94. The molecule has 0 aliphatic heterocycles. The van der Waals surface area contributed by atoms with E-state index in [0.29, 0.717) is 0 Å². The van der Waals surface area contributed by atoms with Gasteiger partial charge in [0.2, 0.25) is 0 Å². The van der Waals surface area contributed by atoms with Crippen molar-refractivity contribution in [3.05, 3.63) is 35.9 Å². The molecule has 1 nitrogen and oxygen atoms in total. The molecule has 0 bridgehead atoms. The lowest BCUT2D eigenvalue weighted by atomic mass is 10.1. The number of hydrogen-bond acceptors (Lipinski definition) is 1. The summed E-state index contributed by atoms with van der Waals surface area (Å²) < 4.78 is 5.10. The lowest BCUT2D eigenvalue weighted by Gasteiger charge is -1.99. The van der Waals surface area contributed by atoms with Crippen molar-refractivity contribution in [1.82, 2.24) is 0 Å². The summed E-state index contributed by atoms with van der Waals surface area (Å²) in [6, 6.07) is 10.5. The molecule has 0 saturated heterocycles. The van der Waals surface area contributed by atoms with Crippen LogP contribution in [0, 0.1) is 0 Å². The molecule has 0 atom stereocenters. The van der Waals surface area contributed by atoms with Crippen LogP contribution in [-0.2, 0) is 10.8 Å².